The summed E-state index contributed by atoms with van der Waals surface area (Å²) in [6.07, 6.45) is 6.98. The lowest BCUT2D eigenvalue weighted by Crippen LogP contribution is -2.48. The summed E-state index contributed by atoms with van der Waals surface area (Å²) in [5.41, 5.74) is 3.92. The molecule has 1 saturated heterocycles. The van der Waals surface area contributed by atoms with E-state index in [0.29, 0.717) is 30.9 Å². The zero-order valence-electron chi connectivity index (χ0n) is 19.2. The Balaban J connectivity index is 1.18. The number of aliphatic hydroxyl groups is 1. The van der Waals surface area contributed by atoms with Crippen molar-refractivity contribution in [3.05, 3.63) is 47.3 Å². The SMILES string of the molecule is O=C1CC(c2cccc3[nH]cc(C4CC4)c23)CC(=O)C1=CNCCN1CCN(CCO)CC1. The normalized spacial score (nSPS) is 22.8. The van der Waals surface area contributed by atoms with Crippen molar-refractivity contribution in [1.82, 2.24) is 20.1 Å². The summed E-state index contributed by atoms with van der Waals surface area (Å²) in [4.78, 5) is 33.8. The van der Waals surface area contributed by atoms with Gasteiger partial charge in [0.15, 0.2) is 11.6 Å². The summed E-state index contributed by atoms with van der Waals surface area (Å²) in [6, 6.07) is 6.20. The largest absolute Gasteiger partial charge is 0.395 e. The van der Waals surface area contributed by atoms with E-state index >= 15 is 0 Å². The van der Waals surface area contributed by atoms with E-state index in [4.69, 9.17) is 5.11 Å². The number of nitrogens with one attached hydrogen (secondary N) is 2. The number of aliphatic hydroxyl groups excluding tert-OH is 1. The third-order valence-electron chi connectivity index (χ3n) is 7.39. The molecule has 5 rings (SSSR count). The molecule has 1 aromatic heterocycles. The number of benzene rings is 1. The van der Waals surface area contributed by atoms with Crippen LogP contribution in [0.1, 0.15) is 48.6 Å². The van der Waals surface area contributed by atoms with Gasteiger partial charge in [-0.1, -0.05) is 12.1 Å². The average Bonchev–Trinajstić information content (AvgIpc) is 3.57. The van der Waals surface area contributed by atoms with Gasteiger partial charge >= 0.3 is 0 Å². The first kappa shape index (κ1) is 22.3. The van der Waals surface area contributed by atoms with Crippen LogP contribution in [-0.4, -0.2) is 83.9 Å². The number of carbonyl (C=O) groups excluding carboxylic acids is 2. The molecule has 7 nitrogen and oxygen atoms in total. The van der Waals surface area contributed by atoms with Gasteiger partial charge in [0.2, 0.25) is 0 Å². The maximum Gasteiger partial charge on any atom is 0.168 e. The van der Waals surface area contributed by atoms with Crippen LogP contribution in [0, 0.1) is 0 Å². The minimum atomic E-state index is -0.0538. The van der Waals surface area contributed by atoms with Crippen molar-refractivity contribution in [2.45, 2.75) is 37.5 Å². The molecule has 3 N–H and O–H groups in total. The smallest absolute Gasteiger partial charge is 0.168 e. The third-order valence-corrected chi connectivity index (χ3v) is 7.39. The summed E-state index contributed by atoms with van der Waals surface area (Å²) in [7, 11) is 0. The molecule has 0 atom stereocenters. The van der Waals surface area contributed by atoms with Gasteiger partial charge in [-0.05, 0) is 41.9 Å². The van der Waals surface area contributed by atoms with E-state index in [1.165, 1.54) is 23.8 Å². The highest BCUT2D eigenvalue weighted by Gasteiger charge is 2.34. The molecule has 1 aromatic carbocycles. The van der Waals surface area contributed by atoms with E-state index in [1.54, 1.807) is 6.20 Å². The maximum absolute atomic E-state index is 12.9. The lowest BCUT2D eigenvalue weighted by atomic mass is 9.78. The first-order valence-corrected chi connectivity index (χ1v) is 12.3. The van der Waals surface area contributed by atoms with Crippen LogP contribution in [0.2, 0.25) is 0 Å². The Morgan fingerprint density at radius 2 is 1.67 bits per heavy atom. The molecule has 0 amide bonds. The number of H-pyrrole nitrogens is 1. The molecule has 2 aliphatic carbocycles. The van der Waals surface area contributed by atoms with Crippen molar-refractivity contribution < 1.29 is 14.7 Å². The number of hydrogen-bond donors (Lipinski definition) is 3. The fraction of sp³-hybridized carbons (Fsp3) is 0.538. The first-order chi connectivity index (χ1) is 16.1. The lowest BCUT2D eigenvalue weighted by Gasteiger charge is -2.34. The standard InChI is InChI=1S/C26H34N4O3/c31-13-12-30-10-8-29(9-11-30)7-6-27-16-22-24(32)14-19(15-25(22)33)20-2-1-3-23-26(20)21(17-28-23)18-4-5-18/h1-3,16-19,27-28,31H,4-15H2. The minimum Gasteiger partial charge on any atom is -0.395 e. The topological polar surface area (TPSA) is 88.7 Å². The van der Waals surface area contributed by atoms with Gasteiger partial charge in [0.05, 0.1) is 12.2 Å². The fourth-order valence-electron chi connectivity index (χ4n) is 5.35. The van der Waals surface area contributed by atoms with Crippen LogP contribution in [0.3, 0.4) is 0 Å². The fourth-order valence-corrected chi connectivity index (χ4v) is 5.35. The van der Waals surface area contributed by atoms with E-state index in [2.05, 4.69) is 38.4 Å². The van der Waals surface area contributed by atoms with Crippen molar-refractivity contribution in [1.29, 1.82) is 0 Å². The molecule has 1 aliphatic heterocycles. The minimum absolute atomic E-state index is 0.0469. The van der Waals surface area contributed by atoms with Gasteiger partial charge in [-0.3, -0.25) is 19.4 Å². The predicted octanol–water partition coefficient (Wildman–Crippen LogP) is 2.14. The highest BCUT2D eigenvalue weighted by Crippen LogP contribution is 2.46. The summed E-state index contributed by atoms with van der Waals surface area (Å²) >= 11 is 0. The molecule has 2 saturated carbocycles. The molecular formula is C26H34N4O3. The molecule has 176 valence electrons. The van der Waals surface area contributed by atoms with Gasteiger partial charge < -0.3 is 15.4 Å². The van der Waals surface area contributed by atoms with Crippen molar-refractivity contribution in [2.24, 2.45) is 0 Å². The number of Topliss-reactive ketones (excluding diaryl/α,β-unsaturated/α-hetero) is 2. The van der Waals surface area contributed by atoms with Crippen LogP contribution < -0.4 is 5.32 Å². The summed E-state index contributed by atoms with van der Waals surface area (Å²) in [5.74, 6) is 0.463. The van der Waals surface area contributed by atoms with Crippen LogP contribution >= 0.6 is 0 Å². The molecule has 0 spiro atoms. The van der Waals surface area contributed by atoms with Gasteiger partial charge in [-0.25, -0.2) is 0 Å². The van der Waals surface area contributed by atoms with Crippen LogP contribution in [0.4, 0.5) is 0 Å². The molecule has 0 bridgehead atoms. The number of ketones is 2. The number of piperazine rings is 1. The molecule has 3 aliphatic rings. The molecule has 3 fully saturated rings. The Kier molecular flexibility index (Phi) is 6.62. The summed E-state index contributed by atoms with van der Waals surface area (Å²) in [6.45, 7) is 6.43. The van der Waals surface area contributed by atoms with E-state index in [1.807, 2.05) is 6.07 Å². The maximum atomic E-state index is 12.9. The van der Waals surface area contributed by atoms with Gasteiger partial charge in [-0.2, -0.15) is 0 Å². The molecule has 2 aromatic rings. The average molecular weight is 451 g/mol. The van der Waals surface area contributed by atoms with Crippen molar-refractivity contribution in [2.75, 3.05) is 52.4 Å². The van der Waals surface area contributed by atoms with E-state index < -0.39 is 0 Å². The molecule has 0 unspecified atom stereocenters. The number of β-amino-alcohol motifs (C(OH)–C–C–N with tert-alkyl or cyclic N) is 1. The van der Waals surface area contributed by atoms with E-state index in [9.17, 15) is 9.59 Å². The predicted molar refractivity (Wildman–Crippen MR) is 128 cm³/mol. The number of nitrogens with zero attached hydrogens (tertiary/aromatic N) is 2. The molecule has 7 heteroatoms. The van der Waals surface area contributed by atoms with E-state index in [-0.39, 0.29) is 24.1 Å². The Hall–Kier alpha value is -2.48. The summed E-state index contributed by atoms with van der Waals surface area (Å²) < 4.78 is 0. The van der Waals surface area contributed by atoms with E-state index in [0.717, 1.165) is 50.3 Å². The second-order valence-electron chi connectivity index (χ2n) is 9.66. The molecule has 0 radical (unpaired) electrons. The van der Waals surface area contributed by atoms with Crippen molar-refractivity contribution >= 4 is 22.5 Å². The van der Waals surface area contributed by atoms with Crippen LogP contribution in [0.5, 0.6) is 0 Å². The Morgan fingerprint density at radius 3 is 2.33 bits per heavy atom. The van der Waals surface area contributed by atoms with Gasteiger partial charge in [0.1, 0.15) is 0 Å². The Bertz CT molecular complexity index is 1030. The number of carbonyl (C=O) groups is 2. The number of aromatic amines is 1. The van der Waals surface area contributed by atoms with Gasteiger partial charge in [0, 0.05) is 82.0 Å². The van der Waals surface area contributed by atoms with Crippen LogP contribution in [0.25, 0.3) is 10.9 Å². The molecule has 33 heavy (non-hydrogen) atoms. The number of aromatic nitrogens is 1. The number of allylic oxidation sites excluding steroid dienone is 1. The Morgan fingerprint density at radius 1 is 0.970 bits per heavy atom. The quantitative estimate of drug-likeness (QED) is 0.325. The Labute approximate surface area is 194 Å². The number of rotatable bonds is 8. The molecular weight excluding hydrogens is 416 g/mol. The third kappa shape index (κ3) is 4.90. The number of fused-ring (bicyclic) bond motifs is 1. The highest BCUT2D eigenvalue weighted by molar-refractivity contribution is 6.22. The van der Waals surface area contributed by atoms with Crippen LogP contribution in [0.15, 0.2) is 36.2 Å². The zero-order chi connectivity index (χ0) is 22.8. The second-order valence-corrected chi connectivity index (χ2v) is 9.66. The van der Waals surface area contributed by atoms with Crippen LogP contribution in [-0.2, 0) is 9.59 Å². The van der Waals surface area contributed by atoms with Crippen molar-refractivity contribution in [3.8, 4) is 0 Å². The monoisotopic (exact) mass is 450 g/mol. The lowest BCUT2D eigenvalue weighted by molar-refractivity contribution is -0.124. The molecule has 2 heterocycles. The van der Waals surface area contributed by atoms with Crippen molar-refractivity contribution in [3.63, 3.8) is 0 Å². The summed E-state index contributed by atoms with van der Waals surface area (Å²) in [5, 5.41) is 13.5. The zero-order valence-corrected chi connectivity index (χ0v) is 19.2. The van der Waals surface area contributed by atoms with Gasteiger partial charge in [0.25, 0.3) is 0 Å². The highest BCUT2D eigenvalue weighted by atomic mass is 16.3. The second kappa shape index (κ2) is 9.79. The number of hydrogen-bond acceptors (Lipinski definition) is 6. The first-order valence-electron chi connectivity index (χ1n) is 12.3. The van der Waals surface area contributed by atoms with Gasteiger partial charge in [-0.15, -0.1) is 0 Å².